The first-order chi connectivity index (χ1) is 11.6. The number of nitriles is 1. The van der Waals surface area contributed by atoms with Gasteiger partial charge >= 0.3 is 0 Å². The van der Waals surface area contributed by atoms with Gasteiger partial charge in [-0.2, -0.15) is 5.26 Å². The number of rotatable bonds is 4. The van der Waals surface area contributed by atoms with Crippen molar-refractivity contribution in [1.82, 2.24) is 9.97 Å². The Balaban J connectivity index is 1.95. The van der Waals surface area contributed by atoms with Crippen molar-refractivity contribution in [2.24, 2.45) is 5.92 Å². The molecule has 1 saturated carbocycles. The molecule has 2 N–H and O–H groups in total. The van der Waals surface area contributed by atoms with Crippen LogP contribution in [0.3, 0.4) is 0 Å². The second-order valence-electron chi connectivity index (χ2n) is 6.29. The standard InChI is InChI=1S/C18H19FN4O/c1-11-6-7-13(19)9-15(11)21-17-14(10-20)18(24)23-16(22-17)8-12-4-2-3-5-12/h6-7,9,12H,2-5,8H2,1H3,(H2,21,22,23,24). The summed E-state index contributed by atoms with van der Waals surface area (Å²) in [4.78, 5) is 19.3. The summed E-state index contributed by atoms with van der Waals surface area (Å²) >= 11 is 0. The van der Waals surface area contributed by atoms with Gasteiger partial charge < -0.3 is 10.3 Å². The van der Waals surface area contributed by atoms with Crippen molar-refractivity contribution in [3.05, 3.63) is 51.3 Å². The quantitative estimate of drug-likeness (QED) is 0.900. The molecule has 0 amide bonds. The van der Waals surface area contributed by atoms with Crippen molar-refractivity contribution in [2.75, 3.05) is 5.32 Å². The minimum atomic E-state index is -0.461. The first-order valence-electron chi connectivity index (χ1n) is 8.13. The SMILES string of the molecule is Cc1ccc(F)cc1Nc1nc(CC2CCCC2)[nH]c(=O)c1C#N. The van der Waals surface area contributed by atoms with Crippen molar-refractivity contribution >= 4 is 11.5 Å². The second-order valence-corrected chi connectivity index (χ2v) is 6.29. The van der Waals surface area contributed by atoms with Crippen molar-refractivity contribution < 1.29 is 4.39 Å². The first-order valence-corrected chi connectivity index (χ1v) is 8.13. The van der Waals surface area contributed by atoms with Crippen molar-refractivity contribution in [2.45, 2.75) is 39.0 Å². The Hall–Kier alpha value is -2.68. The molecule has 0 spiro atoms. The number of halogens is 1. The molecule has 1 fully saturated rings. The highest BCUT2D eigenvalue weighted by atomic mass is 19.1. The molecule has 0 atom stereocenters. The van der Waals surface area contributed by atoms with Gasteiger partial charge in [0.15, 0.2) is 11.4 Å². The topological polar surface area (TPSA) is 81.6 Å². The van der Waals surface area contributed by atoms with Crippen molar-refractivity contribution in [1.29, 1.82) is 5.26 Å². The average molecular weight is 326 g/mol. The van der Waals surface area contributed by atoms with Gasteiger partial charge in [0.2, 0.25) is 0 Å². The fourth-order valence-electron chi connectivity index (χ4n) is 3.16. The third-order valence-electron chi connectivity index (χ3n) is 4.49. The summed E-state index contributed by atoms with van der Waals surface area (Å²) in [5.74, 6) is 0.882. The van der Waals surface area contributed by atoms with E-state index in [-0.39, 0.29) is 11.4 Å². The van der Waals surface area contributed by atoms with E-state index in [9.17, 15) is 14.4 Å². The number of nitrogens with zero attached hydrogens (tertiary/aromatic N) is 2. The number of aromatic nitrogens is 2. The van der Waals surface area contributed by atoms with Gasteiger partial charge in [0, 0.05) is 12.1 Å². The molecular weight excluding hydrogens is 307 g/mol. The lowest BCUT2D eigenvalue weighted by molar-refractivity contribution is 0.529. The summed E-state index contributed by atoms with van der Waals surface area (Å²) in [6, 6.07) is 6.20. The maximum Gasteiger partial charge on any atom is 0.271 e. The smallest absolute Gasteiger partial charge is 0.271 e. The highest BCUT2D eigenvalue weighted by molar-refractivity contribution is 5.64. The van der Waals surface area contributed by atoms with Gasteiger partial charge in [-0.25, -0.2) is 9.37 Å². The maximum absolute atomic E-state index is 13.5. The van der Waals surface area contributed by atoms with E-state index in [0.29, 0.717) is 23.9 Å². The lowest BCUT2D eigenvalue weighted by Gasteiger charge is -2.13. The highest BCUT2D eigenvalue weighted by Crippen LogP contribution is 2.27. The summed E-state index contributed by atoms with van der Waals surface area (Å²) in [7, 11) is 0. The number of aryl methyl sites for hydroxylation is 1. The van der Waals surface area contributed by atoms with Gasteiger partial charge in [0.1, 0.15) is 17.7 Å². The molecule has 6 heteroatoms. The zero-order valence-corrected chi connectivity index (χ0v) is 13.5. The number of hydrogen-bond donors (Lipinski definition) is 2. The van der Waals surface area contributed by atoms with Gasteiger partial charge in [-0.1, -0.05) is 31.7 Å². The lowest BCUT2D eigenvalue weighted by atomic mass is 10.0. The molecule has 0 radical (unpaired) electrons. The van der Waals surface area contributed by atoms with Crippen LogP contribution in [0.5, 0.6) is 0 Å². The molecule has 124 valence electrons. The summed E-state index contributed by atoms with van der Waals surface area (Å²) < 4.78 is 13.5. The van der Waals surface area contributed by atoms with Crippen LogP contribution in [0.25, 0.3) is 0 Å². The summed E-state index contributed by atoms with van der Waals surface area (Å²) in [6.45, 7) is 1.82. The third-order valence-corrected chi connectivity index (χ3v) is 4.49. The summed E-state index contributed by atoms with van der Waals surface area (Å²) in [5.41, 5.74) is 0.752. The highest BCUT2D eigenvalue weighted by Gasteiger charge is 2.19. The van der Waals surface area contributed by atoms with E-state index in [2.05, 4.69) is 15.3 Å². The molecule has 0 aliphatic heterocycles. The van der Waals surface area contributed by atoms with E-state index < -0.39 is 11.4 Å². The van der Waals surface area contributed by atoms with Crippen LogP contribution in [0, 0.1) is 30.0 Å². The van der Waals surface area contributed by atoms with Crippen LogP contribution in [0.2, 0.25) is 0 Å². The van der Waals surface area contributed by atoms with E-state index in [1.54, 1.807) is 6.07 Å². The molecular formula is C18H19FN4O. The molecule has 1 aliphatic carbocycles. The lowest BCUT2D eigenvalue weighted by Crippen LogP contribution is -2.19. The number of hydrogen-bond acceptors (Lipinski definition) is 4. The van der Waals surface area contributed by atoms with Crippen LogP contribution >= 0.6 is 0 Å². The third kappa shape index (κ3) is 3.46. The molecule has 1 aliphatic rings. The van der Waals surface area contributed by atoms with Crippen molar-refractivity contribution in [3.8, 4) is 6.07 Å². The molecule has 1 heterocycles. The zero-order valence-electron chi connectivity index (χ0n) is 13.5. The summed E-state index contributed by atoms with van der Waals surface area (Å²) in [6.07, 6.45) is 5.38. The Kier molecular flexibility index (Phi) is 4.61. The number of aromatic amines is 1. The number of nitrogens with one attached hydrogen (secondary N) is 2. The average Bonchev–Trinajstić information content (AvgIpc) is 3.04. The molecule has 5 nitrogen and oxygen atoms in total. The van der Waals surface area contributed by atoms with Gasteiger partial charge in [-0.15, -0.1) is 0 Å². The number of anilines is 2. The Morgan fingerprint density at radius 1 is 1.42 bits per heavy atom. The molecule has 1 aromatic carbocycles. The number of benzene rings is 1. The van der Waals surface area contributed by atoms with Crippen LogP contribution in [-0.4, -0.2) is 9.97 Å². The normalized spacial score (nSPS) is 14.5. The van der Waals surface area contributed by atoms with E-state index >= 15 is 0 Å². The fourth-order valence-corrected chi connectivity index (χ4v) is 3.16. The Morgan fingerprint density at radius 2 is 2.17 bits per heavy atom. The zero-order chi connectivity index (χ0) is 17.1. The van der Waals surface area contributed by atoms with Gasteiger partial charge in [0.25, 0.3) is 5.56 Å². The van der Waals surface area contributed by atoms with Gasteiger partial charge in [0.05, 0.1) is 0 Å². The molecule has 2 aromatic rings. The van der Waals surface area contributed by atoms with Crippen LogP contribution in [-0.2, 0) is 6.42 Å². The molecule has 0 saturated heterocycles. The maximum atomic E-state index is 13.5. The van der Waals surface area contributed by atoms with Crippen LogP contribution < -0.4 is 10.9 Å². The second kappa shape index (κ2) is 6.83. The molecule has 3 rings (SSSR count). The minimum absolute atomic E-state index is 0.0890. The predicted octanol–water partition coefficient (Wildman–Crippen LogP) is 3.57. The molecule has 24 heavy (non-hydrogen) atoms. The molecule has 0 bridgehead atoms. The molecule has 1 aromatic heterocycles. The minimum Gasteiger partial charge on any atom is -0.339 e. The van der Waals surface area contributed by atoms with Crippen LogP contribution in [0.15, 0.2) is 23.0 Å². The van der Waals surface area contributed by atoms with E-state index in [4.69, 9.17) is 0 Å². The van der Waals surface area contributed by atoms with E-state index in [1.165, 1.54) is 25.0 Å². The van der Waals surface area contributed by atoms with Crippen LogP contribution in [0.4, 0.5) is 15.9 Å². The monoisotopic (exact) mass is 326 g/mol. The summed E-state index contributed by atoms with van der Waals surface area (Å²) in [5, 5.41) is 12.2. The first kappa shape index (κ1) is 16.2. The predicted molar refractivity (Wildman–Crippen MR) is 89.7 cm³/mol. The van der Waals surface area contributed by atoms with E-state index in [1.807, 2.05) is 13.0 Å². The van der Waals surface area contributed by atoms with Gasteiger partial charge in [-0.3, -0.25) is 4.79 Å². The fraction of sp³-hybridized carbons (Fsp3) is 0.389. The van der Waals surface area contributed by atoms with Crippen LogP contribution in [0.1, 0.15) is 42.6 Å². The molecule has 0 unspecified atom stereocenters. The Bertz CT molecular complexity index is 847. The Morgan fingerprint density at radius 3 is 2.88 bits per heavy atom. The largest absolute Gasteiger partial charge is 0.339 e. The van der Waals surface area contributed by atoms with E-state index in [0.717, 1.165) is 18.4 Å². The van der Waals surface area contributed by atoms with Gasteiger partial charge in [-0.05, 0) is 30.5 Å². The number of H-pyrrole nitrogens is 1. The Labute approximate surface area is 139 Å². The van der Waals surface area contributed by atoms with Crippen molar-refractivity contribution in [3.63, 3.8) is 0 Å².